The van der Waals surface area contributed by atoms with Gasteiger partial charge in [-0.2, -0.15) is 0 Å². The van der Waals surface area contributed by atoms with Gasteiger partial charge < -0.3 is 5.73 Å². The van der Waals surface area contributed by atoms with E-state index in [0.29, 0.717) is 11.6 Å². The quantitative estimate of drug-likeness (QED) is 0.769. The molecule has 0 fully saturated rings. The number of anilines is 1. The highest BCUT2D eigenvalue weighted by Crippen LogP contribution is 2.25. The lowest BCUT2D eigenvalue weighted by Gasteiger charge is -2.06. The summed E-state index contributed by atoms with van der Waals surface area (Å²) in [5, 5.41) is 0. The second kappa shape index (κ2) is 5.43. The zero-order valence-electron chi connectivity index (χ0n) is 10.6. The van der Waals surface area contributed by atoms with Crippen LogP contribution in [0.2, 0.25) is 0 Å². The van der Waals surface area contributed by atoms with Crippen LogP contribution in [0.15, 0.2) is 65.1 Å². The number of rotatable bonds is 2. The number of nitrogen functional groups attached to an aromatic ring is 1. The summed E-state index contributed by atoms with van der Waals surface area (Å²) in [5.41, 5.74) is 8.69. The number of halogens is 1. The summed E-state index contributed by atoms with van der Waals surface area (Å²) in [6.07, 6.45) is 0. The lowest BCUT2D eigenvalue weighted by atomic mass is 10.1. The molecule has 0 bridgehead atoms. The number of hydrogen-bond donors (Lipinski definition) is 1. The van der Waals surface area contributed by atoms with Gasteiger partial charge in [-0.05, 0) is 12.1 Å². The third-order valence-corrected chi connectivity index (χ3v) is 3.39. The molecule has 3 nitrogen and oxygen atoms in total. The highest BCUT2D eigenvalue weighted by Gasteiger charge is 2.07. The van der Waals surface area contributed by atoms with Crippen LogP contribution in [-0.4, -0.2) is 9.97 Å². The minimum Gasteiger partial charge on any atom is -0.384 e. The Bertz CT molecular complexity index is 742. The molecular weight excluding hydrogens is 314 g/mol. The fourth-order valence-electron chi connectivity index (χ4n) is 1.98. The Morgan fingerprint density at radius 1 is 0.800 bits per heavy atom. The van der Waals surface area contributed by atoms with Crippen molar-refractivity contribution in [2.45, 2.75) is 0 Å². The van der Waals surface area contributed by atoms with Gasteiger partial charge in [-0.15, -0.1) is 0 Å². The number of aromatic nitrogens is 2. The highest BCUT2D eigenvalue weighted by atomic mass is 79.9. The van der Waals surface area contributed by atoms with E-state index in [4.69, 9.17) is 5.73 Å². The van der Waals surface area contributed by atoms with E-state index in [-0.39, 0.29) is 0 Å². The molecule has 0 saturated carbocycles. The van der Waals surface area contributed by atoms with Gasteiger partial charge in [-0.25, -0.2) is 9.97 Å². The SMILES string of the molecule is Nc1cc(-c2cccc(Br)c2)nc(-c2ccccc2)n1. The van der Waals surface area contributed by atoms with Crippen LogP contribution in [0.25, 0.3) is 22.6 Å². The van der Waals surface area contributed by atoms with Crippen LogP contribution in [-0.2, 0) is 0 Å². The summed E-state index contributed by atoms with van der Waals surface area (Å²) in [6, 6.07) is 19.6. The minimum absolute atomic E-state index is 0.467. The van der Waals surface area contributed by atoms with Crippen LogP contribution in [0.3, 0.4) is 0 Å². The first kappa shape index (κ1) is 12.8. The Labute approximate surface area is 125 Å². The molecule has 1 heterocycles. The zero-order valence-corrected chi connectivity index (χ0v) is 12.2. The summed E-state index contributed by atoms with van der Waals surface area (Å²) in [5.74, 6) is 1.11. The van der Waals surface area contributed by atoms with E-state index in [1.165, 1.54) is 0 Å². The van der Waals surface area contributed by atoms with Crippen LogP contribution >= 0.6 is 15.9 Å². The topological polar surface area (TPSA) is 51.8 Å². The average molecular weight is 326 g/mol. The summed E-state index contributed by atoms with van der Waals surface area (Å²) < 4.78 is 1.01. The van der Waals surface area contributed by atoms with E-state index < -0.39 is 0 Å². The van der Waals surface area contributed by atoms with E-state index in [1.807, 2.05) is 54.6 Å². The van der Waals surface area contributed by atoms with E-state index in [2.05, 4.69) is 25.9 Å². The first-order chi connectivity index (χ1) is 9.72. The van der Waals surface area contributed by atoms with Crippen molar-refractivity contribution in [2.75, 3.05) is 5.73 Å². The smallest absolute Gasteiger partial charge is 0.162 e. The van der Waals surface area contributed by atoms with Crippen molar-refractivity contribution in [3.63, 3.8) is 0 Å². The third-order valence-electron chi connectivity index (χ3n) is 2.90. The molecule has 0 saturated heterocycles. The predicted octanol–water partition coefficient (Wildman–Crippen LogP) is 4.16. The van der Waals surface area contributed by atoms with Gasteiger partial charge in [0.1, 0.15) is 5.82 Å². The molecule has 20 heavy (non-hydrogen) atoms. The lowest BCUT2D eigenvalue weighted by molar-refractivity contribution is 1.19. The molecule has 0 aliphatic carbocycles. The van der Waals surface area contributed by atoms with Gasteiger partial charge in [0, 0.05) is 21.7 Å². The molecule has 0 spiro atoms. The molecule has 0 aliphatic rings. The normalized spacial score (nSPS) is 10.4. The highest BCUT2D eigenvalue weighted by molar-refractivity contribution is 9.10. The van der Waals surface area contributed by atoms with Crippen molar-refractivity contribution in [2.24, 2.45) is 0 Å². The summed E-state index contributed by atoms with van der Waals surface area (Å²) >= 11 is 3.47. The van der Waals surface area contributed by atoms with Gasteiger partial charge >= 0.3 is 0 Å². The maximum absolute atomic E-state index is 5.91. The van der Waals surface area contributed by atoms with Gasteiger partial charge in [-0.1, -0.05) is 58.4 Å². The van der Waals surface area contributed by atoms with Crippen molar-refractivity contribution < 1.29 is 0 Å². The van der Waals surface area contributed by atoms with E-state index in [0.717, 1.165) is 21.3 Å². The molecule has 4 heteroatoms. The number of nitrogens with zero attached hydrogens (tertiary/aromatic N) is 2. The van der Waals surface area contributed by atoms with Crippen LogP contribution in [0, 0.1) is 0 Å². The Hall–Kier alpha value is -2.20. The maximum Gasteiger partial charge on any atom is 0.162 e. The van der Waals surface area contributed by atoms with Crippen LogP contribution < -0.4 is 5.73 Å². The van der Waals surface area contributed by atoms with Gasteiger partial charge in [-0.3, -0.25) is 0 Å². The van der Waals surface area contributed by atoms with E-state index in [9.17, 15) is 0 Å². The van der Waals surface area contributed by atoms with Gasteiger partial charge in [0.25, 0.3) is 0 Å². The predicted molar refractivity (Wildman–Crippen MR) is 85.0 cm³/mol. The number of nitrogens with two attached hydrogens (primary N) is 1. The minimum atomic E-state index is 0.467. The Balaban J connectivity index is 2.12. The molecule has 0 atom stereocenters. The number of benzene rings is 2. The first-order valence-corrected chi connectivity index (χ1v) is 6.97. The molecule has 98 valence electrons. The largest absolute Gasteiger partial charge is 0.384 e. The molecule has 0 amide bonds. The molecule has 0 radical (unpaired) electrons. The Kier molecular flexibility index (Phi) is 3.48. The fourth-order valence-corrected chi connectivity index (χ4v) is 2.38. The van der Waals surface area contributed by atoms with Crippen LogP contribution in [0.5, 0.6) is 0 Å². The van der Waals surface area contributed by atoms with Gasteiger partial charge in [0.05, 0.1) is 5.69 Å². The van der Waals surface area contributed by atoms with Crippen molar-refractivity contribution >= 4 is 21.7 Å². The Morgan fingerprint density at radius 2 is 1.55 bits per heavy atom. The monoisotopic (exact) mass is 325 g/mol. The summed E-state index contributed by atoms with van der Waals surface area (Å²) in [4.78, 5) is 8.91. The molecular formula is C16H12BrN3. The second-order valence-corrected chi connectivity index (χ2v) is 5.29. The third kappa shape index (κ3) is 2.70. The van der Waals surface area contributed by atoms with Crippen molar-refractivity contribution in [3.8, 4) is 22.6 Å². The van der Waals surface area contributed by atoms with Gasteiger partial charge in [0.2, 0.25) is 0 Å². The lowest BCUT2D eigenvalue weighted by Crippen LogP contribution is -1.97. The van der Waals surface area contributed by atoms with Gasteiger partial charge in [0.15, 0.2) is 5.82 Å². The van der Waals surface area contributed by atoms with Crippen LogP contribution in [0.4, 0.5) is 5.82 Å². The maximum atomic E-state index is 5.91. The molecule has 3 rings (SSSR count). The summed E-state index contributed by atoms with van der Waals surface area (Å²) in [6.45, 7) is 0. The van der Waals surface area contributed by atoms with E-state index >= 15 is 0 Å². The Morgan fingerprint density at radius 3 is 2.30 bits per heavy atom. The molecule has 2 aromatic carbocycles. The average Bonchev–Trinajstić information content (AvgIpc) is 2.47. The molecule has 1 aromatic heterocycles. The van der Waals surface area contributed by atoms with Crippen molar-refractivity contribution in [1.82, 2.24) is 9.97 Å². The van der Waals surface area contributed by atoms with Crippen molar-refractivity contribution in [3.05, 3.63) is 65.1 Å². The fraction of sp³-hybridized carbons (Fsp3) is 0. The standard InChI is InChI=1S/C16H12BrN3/c17-13-8-4-7-12(9-13)14-10-15(18)20-16(19-14)11-5-2-1-3-6-11/h1-10H,(H2,18,19,20). The molecule has 0 unspecified atom stereocenters. The second-order valence-electron chi connectivity index (χ2n) is 4.38. The molecule has 2 N–H and O–H groups in total. The van der Waals surface area contributed by atoms with Crippen LogP contribution in [0.1, 0.15) is 0 Å². The molecule has 3 aromatic rings. The first-order valence-electron chi connectivity index (χ1n) is 6.18. The van der Waals surface area contributed by atoms with E-state index in [1.54, 1.807) is 6.07 Å². The number of hydrogen-bond acceptors (Lipinski definition) is 3. The van der Waals surface area contributed by atoms with Crippen molar-refractivity contribution in [1.29, 1.82) is 0 Å². The zero-order chi connectivity index (χ0) is 13.9. The molecule has 0 aliphatic heterocycles. The summed E-state index contributed by atoms with van der Waals surface area (Å²) in [7, 11) is 0.